The molecule has 2 aromatic rings. The fraction of sp³-hybridized carbons (Fsp3) is 0.360. The first-order valence-corrected chi connectivity index (χ1v) is 11.6. The summed E-state index contributed by atoms with van der Waals surface area (Å²) in [5, 5.41) is 17.6. The van der Waals surface area contributed by atoms with Crippen molar-refractivity contribution < 1.29 is 28.7 Å². The molecule has 1 aliphatic heterocycles. The molecule has 192 valence electrons. The van der Waals surface area contributed by atoms with Crippen LogP contribution in [0.4, 0.5) is 4.39 Å². The van der Waals surface area contributed by atoms with Crippen molar-refractivity contribution in [3.8, 4) is 5.75 Å². The van der Waals surface area contributed by atoms with Crippen molar-refractivity contribution in [2.45, 2.75) is 37.9 Å². The van der Waals surface area contributed by atoms with Gasteiger partial charge < -0.3 is 31.7 Å². The molecule has 1 aliphatic rings. The van der Waals surface area contributed by atoms with E-state index >= 15 is 0 Å². The third kappa shape index (κ3) is 7.01. The lowest BCUT2D eigenvalue weighted by Crippen LogP contribution is -2.63. The van der Waals surface area contributed by atoms with Crippen LogP contribution in [0.2, 0.25) is 0 Å². The predicted molar refractivity (Wildman–Crippen MR) is 129 cm³/mol. The van der Waals surface area contributed by atoms with Crippen molar-refractivity contribution in [1.29, 1.82) is 0 Å². The van der Waals surface area contributed by atoms with E-state index in [1.54, 1.807) is 19.1 Å². The molecule has 2 aromatic carbocycles. The third-order valence-corrected chi connectivity index (χ3v) is 6.02. The molecule has 10 nitrogen and oxygen atoms in total. The number of nitrogens with two attached hydrogens (primary N) is 1. The molecule has 1 saturated heterocycles. The van der Waals surface area contributed by atoms with Gasteiger partial charge in [0.05, 0.1) is 12.6 Å². The predicted octanol–water partition coefficient (Wildman–Crippen LogP) is -0.408. The molecule has 1 heterocycles. The molecule has 0 aromatic heterocycles. The highest BCUT2D eigenvalue weighted by molar-refractivity contribution is 5.94. The van der Waals surface area contributed by atoms with Gasteiger partial charge >= 0.3 is 0 Å². The summed E-state index contributed by atoms with van der Waals surface area (Å²) in [5.41, 5.74) is 7.01. The quantitative estimate of drug-likeness (QED) is 0.300. The molecule has 4 amide bonds. The van der Waals surface area contributed by atoms with Crippen LogP contribution < -0.4 is 21.7 Å². The summed E-state index contributed by atoms with van der Waals surface area (Å²) in [6, 6.07) is 9.64. The van der Waals surface area contributed by atoms with Gasteiger partial charge in [-0.15, -0.1) is 0 Å². The number of rotatable bonds is 10. The number of carbonyl (C=O) groups is 4. The number of benzene rings is 2. The second-order valence-electron chi connectivity index (χ2n) is 8.54. The first kappa shape index (κ1) is 26.6. The Morgan fingerprint density at radius 2 is 1.78 bits per heavy atom. The van der Waals surface area contributed by atoms with Crippen LogP contribution in [0.3, 0.4) is 0 Å². The minimum Gasteiger partial charge on any atom is -0.508 e. The van der Waals surface area contributed by atoms with E-state index in [1.165, 1.54) is 41.3 Å². The minimum atomic E-state index is -0.971. The first-order chi connectivity index (χ1) is 17.2. The molecule has 36 heavy (non-hydrogen) atoms. The summed E-state index contributed by atoms with van der Waals surface area (Å²) in [5.74, 6) is -2.43. The van der Waals surface area contributed by atoms with Crippen LogP contribution in [0.25, 0.3) is 0 Å². The zero-order chi connectivity index (χ0) is 26.2. The largest absolute Gasteiger partial charge is 0.508 e. The lowest BCUT2D eigenvalue weighted by atomic mass is 10.0. The summed E-state index contributed by atoms with van der Waals surface area (Å²) < 4.78 is 13.2. The maximum atomic E-state index is 13.2. The maximum Gasteiger partial charge on any atom is 0.244 e. The number of aromatic hydroxyl groups is 1. The summed E-state index contributed by atoms with van der Waals surface area (Å²) in [6.07, 6.45) is 0.487. The van der Waals surface area contributed by atoms with Crippen molar-refractivity contribution in [3.05, 3.63) is 65.5 Å². The summed E-state index contributed by atoms with van der Waals surface area (Å²) in [4.78, 5) is 51.2. The highest BCUT2D eigenvalue weighted by Gasteiger charge is 2.32. The summed E-state index contributed by atoms with van der Waals surface area (Å²) >= 11 is 0. The average molecular weight is 500 g/mol. The number of phenolic OH excluding ortho intramolecular Hbond substituents is 1. The number of likely N-dealkylation sites (N-methyl/N-ethyl adjacent to an activating group) is 1. The van der Waals surface area contributed by atoms with Gasteiger partial charge in [-0.2, -0.15) is 0 Å². The standard InChI is InChI=1S/C25H30FN5O5/c1-2-31(21(23(27)34)12-16-3-7-17(26)8-4-16)22(33)14-29-24(35)20-13-28-19(25(36)30-20)11-15-5-9-18(32)10-6-15/h3-10,19-21,28,32H,2,11-14H2,1H3,(H2,27,34)(H,29,35)(H,30,36)/t19?,20?,21-/m0/s1. The van der Waals surface area contributed by atoms with E-state index < -0.39 is 41.7 Å². The molecular weight excluding hydrogens is 469 g/mol. The topological polar surface area (TPSA) is 154 Å². The number of amides is 4. The van der Waals surface area contributed by atoms with Crippen molar-refractivity contribution in [2.75, 3.05) is 19.6 Å². The van der Waals surface area contributed by atoms with Gasteiger partial charge in [0.25, 0.3) is 0 Å². The zero-order valence-corrected chi connectivity index (χ0v) is 19.9. The lowest BCUT2D eigenvalue weighted by molar-refractivity contribution is -0.139. The molecule has 6 N–H and O–H groups in total. The summed E-state index contributed by atoms with van der Waals surface area (Å²) in [6.45, 7) is 1.63. The van der Waals surface area contributed by atoms with Crippen LogP contribution in [-0.4, -0.2) is 71.4 Å². The van der Waals surface area contributed by atoms with Crippen LogP contribution in [0.15, 0.2) is 48.5 Å². The van der Waals surface area contributed by atoms with E-state index in [0.29, 0.717) is 12.0 Å². The van der Waals surface area contributed by atoms with Gasteiger partial charge in [0.1, 0.15) is 23.7 Å². The number of piperazine rings is 1. The van der Waals surface area contributed by atoms with Gasteiger partial charge in [-0.25, -0.2) is 4.39 Å². The van der Waals surface area contributed by atoms with Gasteiger partial charge in [-0.3, -0.25) is 19.2 Å². The van der Waals surface area contributed by atoms with E-state index in [2.05, 4.69) is 16.0 Å². The van der Waals surface area contributed by atoms with Gasteiger partial charge in [0.2, 0.25) is 23.6 Å². The Hall–Kier alpha value is -3.99. The smallest absolute Gasteiger partial charge is 0.244 e. The Labute approximate surface area is 208 Å². The molecule has 0 radical (unpaired) electrons. The Morgan fingerprint density at radius 1 is 1.14 bits per heavy atom. The molecule has 0 aliphatic carbocycles. The van der Waals surface area contributed by atoms with Gasteiger partial charge in [0, 0.05) is 19.5 Å². The highest BCUT2D eigenvalue weighted by Crippen LogP contribution is 2.13. The van der Waals surface area contributed by atoms with Crippen molar-refractivity contribution in [3.63, 3.8) is 0 Å². The highest BCUT2D eigenvalue weighted by atomic mass is 19.1. The average Bonchev–Trinajstić information content (AvgIpc) is 2.86. The fourth-order valence-electron chi connectivity index (χ4n) is 4.03. The van der Waals surface area contributed by atoms with E-state index in [0.717, 1.165) is 5.56 Å². The second-order valence-corrected chi connectivity index (χ2v) is 8.54. The number of hydrogen-bond donors (Lipinski definition) is 5. The van der Waals surface area contributed by atoms with Crippen molar-refractivity contribution >= 4 is 23.6 Å². The number of halogens is 1. The van der Waals surface area contributed by atoms with Crippen molar-refractivity contribution in [1.82, 2.24) is 20.9 Å². The van der Waals surface area contributed by atoms with Crippen LogP contribution in [0, 0.1) is 5.82 Å². The van der Waals surface area contributed by atoms with Crippen LogP contribution in [0.1, 0.15) is 18.1 Å². The lowest BCUT2D eigenvalue weighted by Gasteiger charge is -2.31. The van der Waals surface area contributed by atoms with Crippen LogP contribution in [0.5, 0.6) is 5.75 Å². The number of phenols is 1. The first-order valence-electron chi connectivity index (χ1n) is 11.6. The fourth-order valence-corrected chi connectivity index (χ4v) is 4.03. The van der Waals surface area contributed by atoms with Gasteiger partial charge in [0.15, 0.2) is 0 Å². The van der Waals surface area contributed by atoms with E-state index in [-0.39, 0.29) is 37.7 Å². The Kier molecular flexibility index (Phi) is 8.96. The van der Waals surface area contributed by atoms with E-state index in [4.69, 9.17) is 5.73 Å². The normalized spacial score (nSPS) is 18.1. The Balaban J connectivity index is 1.52. The molecule has 3 atom stereocenters. The van der Waals surface area contributed by atoms with E-state index in [1.807, 2.05) is 0 Å². The second kappa shape index (κ2) is 12.1. The number of nitrogens with one attached hydrogen (secondary N) is 3. The SMILES string of the molecule is CCN(C(=O)CNC(=O)C1CNC(Cc2ccc(O)cc2)C(=O)N1)[C@@H](Cc1ccc(F)cc1)C(N)=O. The molecule has 0 saturated carbocycles. The van der Waals surface area contributed by atoms with Crippen LogP contribution in [-0.2, 0) is 32.0 Å². The number of carbonyl (C=O) groups excluding carboxylic acids is 4. The molecule has 0 bridgehead atoms. The molecule has 1 fully saturated rings. The van der Waals surface area contributed by atoms with Crippen LogP contribution >= 0.6 is 0 Å². The Morgan fingerprint density at radius 3 is 2.36 bits per heavy atom. The van der Waals surface area contributed by atoms with Crippen molar-refractivity contribution in [2.24, 2.45) is 5.73 Å². The van der Waals surface area contributed by atoms with E-state index in [9.17, 15) is 28.7 Å². The maximum absolute atomic E-state index is 13.2. The van der Waals surface area contributed by atoms with Gasteiger partial charge in [-0.05, 0) is 48.7 Å². The summed E-state index contributed by atoms with van der Waals surface area (Å²) in [7, 11) is 0. The molecule has 11 heteroatoms. The minimum absolute atomic E-state index is 0.105. The molecular formula is C25H30FN5O5. The molecule has 2 unspecified atom stereocenters. The monoisotopic (exact) mass is 499 g/mol. The Bertz CT molecular complexity index is 1090. The number of primary amides is 1. The van der Waals surface area contributed by atoms with Gasteiger partial charge in [-0.1, -0.05) is 24.3 Å². The third-order valence-electron chi connectivity index (χ3n) is 6.02. The number of nitrogens with zero attached hydrogens (tertiary/aromatic N) is 1. The number of hydrogen-bond acceptors (Lipinski definition) is 6. The molecule has 3 rings (SSSR count). The zero-order valence-electron chi connectivity index (χ0n) is 19.9. The molecule has 0 spiro atoms.